The van der Waals surface area contributed by atoms with Crippen molar-refractivity contribution in [1.82, 2.24) is 5.32 Å². The van der Waals surface area contributed by atoms with E-state index >= 15 is 0 Å². The molecule has 3 nitrogen and oxygen atoms in total. The smallest absolute Gasteiger partial charge is 0.0683 e. The summed E-state index contributed by atoms with van der Waals surface area (Å²) in [6, 6.07) is 2.34. The molecule has 1 aliphatic carbocycles. The fraction of sp³-hybridized carbons (Fsp3) is 0.933. The summed E-state index contributed by atoms with van der Waals surface area (Å²) in [5, 5.41) is 21.8. The van der Waals surface area contributed by atoms with Crippen LogP contribution in [0.3, 0.4) is 0 Å². The zero-order valence-corrected chi connectivity index (χ0v) is 11.9. The zero-order chi connectivity index (χ0) is 13.4. The molecule has 1 aliphatic rings. The molecule has 18 heavy (non-hydrogen) atoms. The third-order valence-electron chi connectivity index (χ3n) is 3.96. The Balaban J connectivity index is 1.95. The molecule has 104 valence electrons. The molecule has 2 N–H and O–H groups in total. The lowest BCUT2D eigenvalue weighted by molar-refractivity contribution is 0.108. The fourth-order valence-corrected chi connectivity index (χ4v) is 2.53. The van der Waals surface area contributed by atoms with Gasteiger partial charge in [-0.3, -0.25) is 0 Å². The first-order chi connectivity index (χ1) is 8.53. The van der Waals surface area contributed by atoms with Gasteiger partial charge in [-0.25, -0.2) is 0 Å². The van der Waals surface area contributed by atoms with Crippen molar-refractivity contribution in [2.45, 2.75) is 64.9 Å². The van der Waals surface area contributed by atoms with Gasteiger partial charge < -0.3 is 10.4 Å². The van der Waals surface area contributed by atoms with Gasteiger partial charge in [-0.2, -0.15) is 5.26 Å². The fourth-order valence-electron chi connectivity index (χ4n) is 2.53. The minimum absolute atomic E-state index is 0.0468. The molecule has 0 amide bonds. The maximum atomic E-state index is 9.42. The minimum atomic E-state index is -0.167. The monoisotopic (exact) mass is 252 g/mol. The Kier molecular flexibility index (Phi) is 6.67. The van der Waals surface area contributed by atoms with E-state index < -0.39 is 0 Å². The summed E-state index contributed by atoms with van der Waals surface area (Å²) < 4.78 is 0. The van der Waals surface area contributed by atoms with Gasteiger partial charge in [-0.1, -0.05) is 6.42 Å². The van der Waals surface area contributed by atoms with Crippen LogP contribution in [0.4, 0.5) is 0 Å². The van der Waals surface area contributed by atoms with Gasteiger partial charge in [0.2, 0.25) is 0 Å². The van der Waals surface area contributed by atoms with E-state index in [9.17, 15) is 5.11 Å². The van der Waals surface area contributed by atoms with Crippen LogP contribution in [-0.4, -0.2) is 24.3 Å². The minimum Gasteiger partial charge on any atom is -0.393 e. The number of nitrogens with one attached hydrogen (secondary N) is 1. The number of hydrogen-bond donors (Lipinski definition) is 2. The van der Waals surface area contributed by atoms with Crippen LogP contribution < -0.4 is 5.32 Å². The summed E-state index contributed by atoms with van der Waals surface area (Å²) >= 11 is 0. The van der Waals surface area contributed by atoms with Gasteiger partial charge in [0, 0.05) is 0 Å². The Hall–Kier alpha value is -0.590. The molecule has 1 rings (SSSR count). The SMILES string of the molecule is CC(C)(C#N)CCCCNCC1CCC(O)CC1. The molecule has 0 aromatic carbocycles. The van der Waals surface area contributed by atoms with E-state index in [2.05, 4.69) is 11.4 Å². The van der Waals surface area contributed by atoms with E-state index in [0.717, 1.165) is 64.0 Å². The lowest BCUT2D eigenvalue weighted by Gasteiger charge is -2.25. The van der Waals surface area contributed by atoms with Crippen LogP contribution in [-0.2, 0) is 0 Å². The highest BCUT2D eigenvalue weighted by Gasteiger charge is 2.19. The first-order valence-corrected chi connectivity index (χ1v) is 7.33. The maximum absolute atomic E-state index is 9.42. The summed E-state index contributed by atoms with van der Waals surface area (Å²) in [6.45, 7) is 6.16. The molecule has 0 aliphatic heterocycles. The van der Waals surface area contributed by atoms with Gasteiger partial charge >= 0.3 is 0 Å². The molecule has 0 saturated heterocycles. The van der Waals surface area contributed by atoms with Crippen LogP contribution in [0, 0.1) is 22.7 Å². The Morgan fingerprint density at radius 1 is 1.22 bits per heavy atom. The number of rotatable bonds is 7. The van der Waals surface area contributed by atoms with Crippen LogP contribution in [0.15, 0.2) is 0 Å². The van der Waals surface area contributed by atoms with Crippen molar-refractivity contribution in [1.29, 1.82) is 5.26 Å². The van der Waals surface area contributed by atoms with Crippen LogP contribution in [0.25, 0.3) is 0 Å². The van der Waals surface area contributed by atoms with Crippen LogP contribution in [0.1, 0.15) is 58.8 Å². The number of unbranched alkanes of at least 4 members (excludes halogenated alkanes) is 1. The Morgan fingerprint density at radius 3 is 2.50 bits per heavy atom. The second-order valence-corrected chi connectivity index (χ2v) is 6.33. The topological polar surface area (TPSA) is 56.0 Å². The van der Waals surface area contributed by atoms with Gasteiger partial charge in [0.1, 0.15) is 0 Å². The van der Waals surface area contributed by atoms with Crippen molar-refractivity contribution in [2.24, 2.45) is 11.3 Å². The Morgan fingerprint density at radius 2 is 1.89 bits per heavy atom. The molecule has 0 radical (unpaired) electrons. The maximum Gasteiger partial charge on any atom is 0.0683 e. The Labute approximate surface area is 112 Å². The van der Waals surface area contributed by atoms with Crippen molar-refractivity contribution in [2.75, 3.05) is 13.1 Å². The predicted octanol–water partition coefficient (Wildman–Crippen LogP) is 2.85. The molecular weight excluding hydrogens is 224 g/mol. The molecule has 3 heteroatoms. The van der Waals surface area contributed by atoms with E-state index in [0.29, 0.717) is 0 Å². The highest BCUT2D eigenvalue weighted by molar-refractivity contribution is 4.91. The standard InChI is InChI=1S/C15H28N2O/c1-15(2,12-16)9-3-4-10-17-11-13-5-7-14(18)8-6-13/h13-14,17-18H,3-11H2,1-2H3. The summed E-state index contributed by atoms with van der Waals surface area (Å²) in [5.74, 6) is 0.754. The molecule has 0 unspecified atom stereocenters. The molecule has 1 saturated carbocycles. The normalized spacial score (nSPS) is 24.8. The summed E-state index contributed by atoms with van der Waals surface area (Å²) in [5.41, 5.74) is -0.167. The molecule has 1 fully saturated rings. The first kappa shape index (κ1) is 15.5. The van der Waals surface area contributed by atoms with Gasteiger partial charge in [0.15, 0.2) is 0 Å². The van der Waals surface area contributed by atoms with E-state index in [1.807, 2.05) is 13.8 Å². The number of nitrogens with zero attached hydrogens (tertiary/aromatic N) is 1. The number of hydrogen-bond acceptors (Lipinski definition) is 3. The third-order valence-corrected chi connectivity index (χ3v) is 3.96. The highest BCUT2D eigenvalue weighted by Crippen LogP contribution is 2.23. The quantitative estimate of drug-likeness (QED) is 0.685. The molecule has 0 bridgehead atoms. The van der Waals surface area contributed by atoms with Crippen LogP contribution in [0.2, 0.25) is 0 Å². The second kappa shape index (κ2) is 7.76. The van der Waals surface area contributed by atoms with Gasteiger partial charge in [0.25, 0.3) is 0 Å². The van der Waals surface area contributed by atoms with Crippen molar-refractivity contribution < 1.29 is 5.11 Å². The van der Waals surface area contributed by atoms with E-state index in [-0.39, 0.29) is 11.5 Å². The van der Waals surface area contributed by atoms with Crippen molar-refractivity contribution in [3.05, 3.63) is 0 Å². The molecule has 0 spiro atoms. The summed E-state index contributed by atoms with van der Waals surface area (Å²) in [6.07, 6.45) is 7.49. The van der Waals surface area contributed by atoms with E-state index in [1.54, 1.807) is 0 Å². The summed E-state index contributed by atoms with van der Waals surface area (Å²) in [4.78, 5) is 0. The number of aliphatic hydroxyl groups is 1. The zero-order valence-electron chi connectivity index (χ0n) is 11.9. The van der Waals surface area contributed by atoms with Crippen molar-refractivity contribution >= 4 is 0 Å². The van der Waals surface area contributed by atoms with Gasteiger partial charge in [-0.05, 0) is 71.4 Å². The van der Waals surface area contributed by atoms with E-state index in [1.165, 1.54) is 0 Å². The number of aliphatic hydroxyl groups excluding tert-OH is 1. The van der Waals surface area contributed by atoms with Crippen LogP contribution in [0.5, 0.6) is 0 Å². The molecular formula is C15H28N2O. The first-order valence-electron chi connectivity index (χ1n) is 7.33. The van der Waals surface area contributed by atoms with Crippen molar-refractivity contribution in [3.8, 4) is 6.07 Å². The van der Waals surface area contributed by atoms with Crippen molar-refractivity contribution in [3.63, 3.8) is 0 Å². The molecule has 0 atom stereocenters. The van der Waals surface area contributed by atoms with Gasteiger partial charge in [-0.15, -0.1) is 0 Å². The largest absolute Gasteiger partial charge is 0.393 e. The predicted molar refractivity (Wildman–Crippen MR) is 74.1 cm³/mol. The average molecular weight is 252 g/mol. The Bertz CT molecular complexity index is 262. The number of nitriles is 1. The third kappa shape index (κ3) is 6.37. The second-order valence-electron chi connectivity index (χ2n) is 6.33. The van der Waals surface area contributed by atoms with E-state index in [4.69, 9.17) is 5.26 Å². The lowest BCUT2D eigenvalue weighted by Crippen LogP contribution is -2.28. The van der Waals surface area contributed by atoms with Gasteiger partial charge in [0.05, 0.1) is 17.6 Å². The molecule has 0 heterocycles. The highest BCUT2D eigenvalue weighted by atomic mass is 16.3. The summed E-state index contributed by atoms with van der Waals surface area (Å²) in [7, 11) is 0. The van der Waals surface area contributed by atoms with Crippen LogP contribution >= 0.6 is 0 Å². The molecule has 0 aromatic heterocycles. The molecule has 0 aromatic rings. The average Bonchev–Trinajstić information content (AvgIpc) is 2.36. The lowest BCUT2D eigenvalue weighted by atomic mass is 9.87.